The molecule has 1 aromatic rings. The van der Waals surface area contributed by atoms with Crippen LogP contribution in [0.4, 0.5) is 5.69 Å². The van der Waals surface area contributed by atoms with Crippen molar-refractivity contribution in [3.63, 3.8) is 0 Å². The SMILES string of the molecule is Cc1ccc(NCC(O)CO)cc1B(O)O. The minimum atomic E-state index is -1.51. The maximum Gasteiger partial charge on any atom is 0.488 e. The Bertz CT molecular complexity index is 346. The van der Waals surface area contributed by atoms with E-state index in [1.54, 1.807) is 25.1 Å². The highest BCUT2D eigenvalue weighted by Gasteiger charge is 2.14. The van der Waals surface area contributed by atoms with Crippen LogP contribution in [0.25, 0.3) is 0 Å². The number of hydrogen-bond donors (Lipinski definition) is 5. The molecule has 0 aromatic heterocycles. The first-order chi connectivity index (χ1) is 7.54. The van der Waals surface area contributed by atoms with Gasteiger partial charge in [0.2, 0.25) is 0 Å². The monoisotopic (exact) mass is 225 g/mol. The average Bonchev–Trinajstić information content (AvgIpc) is 2.27. The molecule has 88 valence electrons. The fraction of sp³-hybridized carbons (Fsp3) is 0.400. The topological polar surface area (TPSA) is 93.0 Å². The first kappa shape index (κ1) is 13.0. The van der Waals surface area contributed by atoms with Crippen LogP contribution >= 0.6 is 0 Å². The maximum atomic E-state index is 9.14. The van der Waals surface area contributed by atoms with Gasteiger partial charge in [0.25, 0.3) is 0 Å². The van der Waals surface area contributed by atoms with Gasteiger partial charge in [0.05, 0.1) is 12.7 Å². The number of aliphatic hydroxyl groups is 2. The van der Waals surface area contributed by atoms with Gasteiger partial charge in [0.15, 0.2) is 0 Å². The first-order valence-electron chi connectivity index (χ1n) is 5.04. The van der Waals surface area contributed by atoms with E-state index >= 15 is 0 Å². The first-order valence-corrected chi connectivity index (χ1v) is 5.04. The molecule has 1 unspecified atom stereocenters. The van der Waals surface area contributed by atoms with Crippen LogP contribution in [0.5, 0.6) is 0 Å². The van der Waals surface area contributed by atoms with Gasteiger partial charge in [-0.3, -0.25) is 0 Å². The second kappa shape index (κ2) is 5.86. The quantitative estimate of drug-likeness (QED) is 0.391. The Hall–Kier alpha value is -1.08. The molecular weight excluding hydrogens is 209 g/mol. The lowest BCUT2D eigenvalue weighted by molar-refractivity contribution is 0.105. The average molecular weight is 225 g/mol. The minimum Gasteiger partial charge on any atom is -0.423 e. The number of nitrogens with one attached hydrogen (secondary N) is 1. The van der Waals surface area contributed by atoms with Gasteiger partial charge in [0, 0.05) is 12.2 Å². The fourth-order valence-corrected chi connectivity index (χ4v) is 1.33. The molecule has 0 amide bonds. The van der Waals surface area contributed by atoms with Crippen molar-refractivity contribution in [3.05, 3.63) is 23.8 Å². The van der Waals surface area contributed by atoms with Gasteiger partial charge in [-0.15, -0.1) is 0 Å². The summed E-state index contributed by atoms with van der Waals surface area (Å²) in [4.78, 5) is 0. The van der Waals surface area contributed by atoms with Crippen molar-refractivity contribution >= 4 is 18.3 Å². The zero-order valence-electron chi connectivity index (χ0n) is 9.09. The van der Waals surface area contributed by atoms with Gasteiger partial charge in [-0.05, 0) is 24.5 Å². The third-order valence-electron chi connectivity index (χ3n) is 2.31. The number of hydrogen-bond acceptors (Lipinski definition) is 5. The molecule has 5 N–H and O–H groups in total. The van der Waals surface area contributed by atoms with Gasteiger partial charge in [0.1, 0.15) is 0 Å². The normalized spacial score (nSPS) is 12.3. The Morgan fingerprint density at radius 1 is 1.38 bits per heavy atom. The van der Waals surface area contributed by atoms with Gasteiger partial charge in [-0.25, -0.2) is 0 Å². The summed E-state index contributed by atoms with van der Waals surface area (Å²) in [6.07, 6.45) is -0.830. The summed E-state index contributed by atoms with van der Waals surface area (Å²) in [7, 11) is -1.51. The molecule has 1 atom stereocenters. The Balaban J connectivity index is 2.71. The highest BCUT2D eigenvalue weighted by molar-refractivity contribution is 6.59. The summed E-state index contributed by atoms with van der Waals surface area (Å²) in [5.41, 5.74) is 1.87. The summed E-state index contributed by atoms with van der Waals surface area (Å²) in [6.45, 7) is 1.68. The second-order valence-corrected chi connectivity index (χ2v) is 3.66. The fourth-order valence-electron chi connectivity index (χ4n) is 1.33. The van der Waals surface area contributed by atoms with Gasteiger partial charge >= 0.3 is 7.12 Å². The second-order valence-electron chi connectivity index (χ2n) is 3.66. The molecule has 0 saturated heterocycles. The van der Waals surface area contributed by atoms with Crippen molar-refractivity contribution in [2.75, 3.05) is 18.5 Å². The molecular formula is C10H16BNO4. The summed E-state index contributed by atoms with van der Waals surface area (Å²) in [6, 6.07) is 5.12. The van der Waals surface area contributed by atoms with E-state index < -0.39 is 13.2 Å². The van der Waals surface area contributed by atoms with Crippen LogP contribution in [-0.2, 0) is 0 Å². The number of anilines is 1. The van der Waals surface area contributed by atoms with Crippen molar-refractivity contribution in [1.82, 2.24) is 0 Å². The maximum absolute atomic E-state index is 9.14. The molecule has 0 aliphatic heterocycles. The van der Waals surface area contributed by atoms with Crippen molar-refractivity contribution in [3.8, 4) is 0 Å². The molecule has 1 rings (SSSR count). The van der Waals surface area contributed by atoms with Crippen LogP contribution in [-0.4, -0.2) is 46.6 Å². The molecule has 0 bridgehead atoms. The Kier molecular flexibility index (Phi) is 4.76. The van der Waals surface area contributed by atoms with E-state index in [2.05, 4.69) is 5.32 Å². The lowest BCUT2D eigenvalue weighted by atomic mass is 9.77. The molecule has 6 heteroatoms. The van der Waals surface area contributed by atoms with E-state index in [-0.39, 0.29) is 13.2 Å². The molecule has 5 nitrogen and oxygen atoms in total. The minimum absolute atomic E-state index is 0.209. The van der Waals surface area contributed by atoms with Crippen LogP contribution in [0, 0.1) is 6.92 Å². The van der Waals surface area contributed by atoms with E-state index in [1.807, 2.05) is 0 Å². The van der Waals surface area contributed by atoms with Gasteiger partial charge in [-0.2, -0.15) is 0 Å². The van der Waals surface area contributed by atoms with Gasteiger partial charge in [-0.1, -0.05) is 11.6 Å². The van der Waals surface area contributed by atoms with Crippen LogP contribution < -0.4 is 10.8 Å². The number of rotatable bonds is 5. The molecule has 16 heavy (non-hydrogen) atoms. The van der Waals surface area contributed by atoms with Crippen LogP contribution in [0.1, 0.15) is 5.56 Å². The molecule has 0 radical (unpaired) electrons. The number of aliphatic hydroxyl groups excluding tert-OH is 2. The van der Waals surface area contributed by atoms with E-state index in [0.29, 0.717) is 11.2 Å². The number of benzene rings is 1. The predicted molar refractivity (Wildman–Crippen MR) is 62.6 cm³/mol. The molecule has 1 aromatic carbocycles. The molecule has 0 aliphatic carbocycles. The van der Waals surface area contributed by atoms with Crippen LogP contribution in [0.3, 0.4) is 0 Å². The third kappa shape index (κ3) is 3.50. The van der Waals surface area contributed by atoms with Crippen molar-refractivity contribution in [2.45, 2.75) is 13.0 Å². The summed E-state index contributed by atoms with van der Waals surface area (Å²) < 4.78 is 0. The summed E-state index contributed by atoms with van der Waals surface area (Å²) >= 11 is 0. The van der Waals surface area contributed by atoms with E-state index in [9.17, 15) is 0 Å². The molecule has 0 heterocycles. The predicted octanol–water partition coefficient (Wildman–Crippen LogP) is -1.56. The van der Waals surface area contributed by atoms with Crippen LogP contribution in [0.15, 0.2) is 18.2 Å². The third-order valence-corrected chi connectivity index (χ3v) is 2.31. The van der Waals surface area contributed by atoms with E-state index in [4.69, 9.17) is 20.3 Å². The zero-order valence-corrected chi connectivity index (χ0v) is 9.09. The van der Waals surface area contributed by atoms with E-state index in [1.165, 1.54) is 0 Å². The van der Waals surface area contributed by atoms with Crippen molar-refractivity contribution in [1.29, 1.82) is 0 Å². The Morgan fingerprint density at radius 2 is 2.06 bits per heavy atom. The number of aryl methyl sites for hydroxylation is 1. The van der Waals surface area contributed by atoms with Crippen LogP contribution in [0.2, 0.25) is 0 Å². The molecule has 0 saturated carbocycles. The Labute approximate surface area is 94.5 Å². The summed E-state index contributed by atoms with van der Waals surface area (Å²) in [5, 5.41) is 38.8. The standard InChI is InChI=1S/C10H16BNO4/c1-7-2-3-8(4-10(7)11(15)16)12-5-9(14)6-13/h2-4,9,12-16H,5-6H2,1H3. The highest BCUT2D eigenvalue weighted by Crippen LogP contribution is 2.07. The molecule has 0 fully saturated rings. The van der Waals surface area contributed by atoms with Crippen molar-refractivity contribution in [2.24, 2.45) is 0 Å². The lowest BCUT2D eigenvalue weighted by Crippen LogP contribution is -2.32. The Morgan fingerprint density at radius 3 is 2.62 bits per heavy atom. The summed E-state index contributed by atoms with van der Waals surface area (Å²) in [5.74, 6) is 0. The molecule has 0 spiro atoms. The zero-order chi connectivity index (χ0) is 12.1. The van der Waals surface area contributed by atoms with E-state index in [0.717, 1.165) is 5.56 Å². The lowest BCUT2D eigenvalue weighted by Gasteiger charge is -2.12. The van der Waals surface area contributed by atoms with Gasteiger partial charge < -0.3 is 25.6 Å². The smallest absolute Gasteiger partial charge is 0.423 e. The van der Waals surface area contributed by atoms with Crippen molar-refractivity contribution < 1.29 is 20.3 Å². The molecule has 0 aliphatic rings. The highest BCUT2D eigenvalue weighted by atomic mass is 16.4. The largest absolute Gasteiger partial charge is 0.488 e.